The Labute approximate surface area is 88.6 Å². The number of carbonyl (C=O) groups excluding carboxylic acids is 1. The minimum Gasteiger partial charge on any atom is -0.294 e. The number of nitrogens with zero attached hydrogens (tertiary/aromatic N) is 2. The van der Waals surface area contributed by atoms with E-state index in [1.165, 1.54) is 18.5 Å². The van der Waals surface area contributed by atoms with E-state index < -0.39 is 0 Å². The fourth-order valence-corrected chi connectivity index (χ4v) is 1.57. The molecule has 0 saturated heterocycles. The standard InChI is InChI=1S/C10H16N4O/c11-12-10(15)2-1-6-14-7-5-9(13-14)8-3-4-8/h5,7-8H,1-4,6,11H2,(H,12,15). The van der Waals surface area contributed by atoms with Crippen molar-refractivity contribution in [2.24, 2.45) is 5.84 Å². The number of nitrogens with one attached hydrogen (secondary N) is 1. The van der Waals surface area contributed by atoms with E-state index in [2.05, 4.69) is 16.6 Å². The van der Waals surface area contributed by atoms with Crippen molar-refractivity contribution in [1.82, 2.24) is 15.2 Å². The van der Waals surface area contributed by atoms with Crippen LogP contribution >= 0.6 is 0 Å². The SMILES string of the molecule is NNC(=O)CCCn1ccc(C2CC2)n1. The lowest BCUT2D eigenvalue weighted by Gasteiger charge is -2.00. The van der Waals surface area contributed by atoms with E-state index in [1.54, 1.807) is 0 Å². The molecule has 0 atom stereocenters. The van der Waals surface area contributed by atoms with Gasteiger partial charge in [-0.15, -0.1) is 0 Å². The molecule has 1 aliphatic rings. The first-order valence-corrected chi connectivity index (χ1v) is 5.32. The second-order valence-electron chi connectivity index (χ2n) is 3.95. The molecule has 3 N–H and O–H groups in total. The summed E-state index contributed by atoms with van der Waals surface area (Å²) in [6.07, 6.45) is 5.75. The van der Waals surface area contributed by atoms with Gasteiger partial charge in [0, 0.05) is 25.1 Å². The highest BCUT2D eigenvalue weighted by Crippen LogP contribution is 2.38. The molecule has 1 amide bonds. The molecule has 82 valence electrons. The van der Waals surface area contributed by atoms with Gasteiger partial charge < -0.3 is 0 Å². The molecule has 0 spiro atoms. The predicted octanol–water partition coefficient (Wildman–Crippen LogP) is 0.531. The first kappa shape index (κ1) is 10.2. The van der Waals surface area contributed by atoms with Gasteiger partial charge in [-0.2, -0.15) is 5.10 Å². The number of hydrogen-bond acceptors (Lipinski definition) is 3. The largest absolute Gasteiger partial charge is 0.294 e. The van der Waals surface area contributed by atoms with E-state index in [4.69, 9.17) is 5.84 Å². The molecule has 1 heterocycles. The summed E-state index contributed by atoms with van der Waals surface area (Å²) in [5.41, 5.74) is 3.31. The van der Waals surface area contributed by atoms with Crippen molar-refractivity contribution in [3.63, 3.8) is 0 Å². The smallest absolute Gasteiger partial charge is 0.233 e. The zero-order chi connectivity index (χ0) is 10.7. The lowest BCUT2D eigenvalue weighted by molar-refractivity contribution is -0.121. The minimum absolute atomic E-state index is 0.121. The summed E-state index contributed by atoms with van der Waals surface area (Å²) < 4.78 is 1.90. The van der Waals surface area contributed by atoms with E-state index in [0.717, 1.165) is 13.0 Å². The third-order valence-electron chi connectivity index (χ3n) is 2.61. The second-order valence-corrected chi connectivity index (χ2v) is 3.95. The van der Waals surface area contributed by atoms with Crippen LogP contribution in [-0.2, 0) is 11.3 Å². The predicted molar refractivity (Wildman–Crippen MR) is 55.8 cm³/mol. The van der Waals surface area contributed by atoms with Crippen molar-refractivity contribution >= 4 is 5.91 Å². The van der Waals surface area contributed by atoms with Gasteiger partial charge in [0.2, 0.25) is 5.91 Å². The van der Waals surface area contributed by atoms with Gasteiger partial charge in [0.15, 0.2) is 0 Å². The molecule has 0 radical (unpaired) electrons. The maximum atomic E-state index is 10.9. The molecular formula is C10H16N4O. The number of carbonyl (C=O) groups is 1. The van der Waals surface area contributed by atoms with Crippen LogP contribution in [0.5, 0.6) is 0 Å². The normalized spacial score (nSPS) is 15.3. The molecule has 0 bridgehead atoms. The van der Waals surface area contributed by atoms with Gasteiger partial charge in [0.25, 0.3) is 0 Å². The van der Waals surface area contributed by atoms with Crippen molar-refractivity contribution < 1.29 is 4.79 Å². The molecule has 0 aliphatic heterocycles. The van der Waals surface area contributed by atoms with Crippen LogP contribution in [0.2, 0.25) is 0 Å². The van der Waals surface area contributed by atoms with Crippen LogP contribution in [-0.4, -0.2) is 15.7 Å². The van der Waals surface area contributed by atoms with Crippen LogP contribution in [0.4, 0.5) is 0 Å². The summed E-state index contributed by atoms with van der Waals surface area (Å²) in [5.74, 6) is 5.55. The van der Waals surface area contributed by atoms with Gasteiger partial charge in [-0.05, 0) is 25.3 Å². The van der Waals surface area contributed by atoms with Crippen LogP contribution in [0.15, 0.2) is 12.3 Å². The van der Waals surface area contributed by atoms with Crippen molar-refractivity contribution in [1.29, 1.82) is 0 Å². The summed E-state index contributed by atoms with van der Waals surface area (Å²) in [7, 11) is 0. The second kappa shape index (κ2) is 4.44. The summed E-state index contributed by atoms with van der Waals surface area (Å²) in [4.78, 5) is 10.9. The van der Waals surface area contributed by atoms with E-state index in [1.807, 2.05) is 10.9 Å². The maximum absolute atomic E-state index is 10.9. The van der Waals surface area contributed by atoms with Crippen molar-refractivity contribution in [3.05, 3.63) is 18.0 Å². The fraction of sp³-hybridized carbons (Fsp3) is 0.600. The average molecular weight is 208 g/mol. The van der Waals surface area contributed by atoms with Crippen LogP contribution in [0.25, 0.3) is 0 Å². The molecule has 1 saturated carbocycles. The Bertz CT molecular complexity index is 343. The highest BCUT2D eigenvalue weighted by Gasteiger charge is 2.25. The van der Waals surface area contributed by atoms with Gasteiger partial charge in [-0.3, -0.25) is 14.9 Å². The quantitative estimate of drug-likeness (QED) is 0.421. The lowest BCUT2D eigenvalue weighted by Crippen LogP contribution is -2.29. The number of amides is 1. The Morgan fingerprint density at radius 1 is 1.67 bits per heavy atom. The molecule has 1 aromatic rings. The zero-order valence-corrected chi connectivity index (χ0v) is 8.65. The molecule has 15 heavy (non-hydrogen) atoms. The highest BCUT2D eigenvalue weighted by molar-refractivity contribution is 5.74. The van der Waals surface area contributed by atoms with E-state index >= 15 is 0 Å². The molecule has 0 aromatic carbocycles. The number of aryl methyl sites for hydroxylation is 1. The summed E-state index contributed by atoms with van der Waals surface area (Å²) >= 11 is 0. The Hall–Kier alpha value is -1.36. The Kier molecular flexibility index (Phi) is 3.01. The zero-order valence-electron chi connectivity index (χ0n) is 8.65. The van der Waals surface area contributed by atoms with Gasteiger partial charge in [-0.25, -0.2) is 5.84 Å². The Balaban J connectivity index is 1.75. The molecule has 1 fully saturated rings. The van der Waals surface area contributed by atoms with E-state index in [0.29, 0.717) is 12.3 Å². The van der Waals surface area contributed by atoms with Gasteiger partial charge in [-0.1, -0.05) is 0 Å². The number of aromatic nitrogens is 2. The summed E-state index contributed by atoms with van der Waals surface area (Å²) in [6, 6.07) is 2.07. The van der Waals surface area contributed by atoms with E-state index in [9.17, 15) is 4.79 Å². The molecule has 1 aliphatic carbocycles. The first-order chi connectivity index (χ1) is 7.29. The van der Waals surface area contributed by atoms with Crippen molar-refractivity contribution in [2.45, 2.75) is 38.1 Å². The third-order valence-corrected chi connectivity index (χ3v) is 2.61. The Morgan fingerprint density at radius 3 is 3.13 bits per heavy atom. The van der Waals surface area contributed by atoms with Gasteiger partial charge in [0.1, 0.15) is 0 Å². The van der Waals surface area contributed by atoms with Crippen LogP contribution < -0.4 is 11.3 Å². The van der Waals surface area contributed by atoms with Crippen molar-refractivity contribution in [2.75, 3.05) is 0 Å². The number of hydrazine groups is 1. The Morgan fingerprint density at radius 2 is 2.47 bits per heavy atom. The summed E-state index contributed by atoms with van der Waals surface area (Å²) in [6.45, 7) is 0.778. The molecule has 0 unspecified atom stereocenters. The topological polar surface area (TPSA) is 72.9 Å². The van der Waals surface area contributed by atoms with E-state index in [-0.39, 0.29) is 5.91 Å². The molecule has 5 nitrogen and oxygen atoms in total. The van der Waals surface area contributed by atoms with Crippen LogP contribution in [0, 0.1) is 0 Å². The number of rotatable bonds is 5. The average Bonchev–Trinajstić information content (AvgIpc) is 2.99. The molecule has 2 rings (SSSR count). The highest BCUT2D eigenvalue weighted by atomic mass is 16.2. The maximum Gasteiger partial charge on any atom is 0.233 e. The summed E-state index contributed by atoms with van der Waals surface area (Å²) in [5, 5.41) is 4.45. The molecule has 1 aromatic heterocycles. The first-order valence-electron chi connectivity index (χ1n) is 5.32. The number of hydrogen-bond donors (Lipinski definition) is 2. The minimum atomic E-state index is -0.121. The van der Waals surface area contributed by atoms with Crippen molar-refractivity contribution in [3.8, 4) is 0 Å². The van der Waals surface area contributed by atoms with Gasteiger partial charge in [0.05, 0.1) is 5.69 Å². The monoisotopic (exact) mass is 208 g/mol. The van der Waals surface area contributed by atoms with Gasteiger partial charge >= 0.3 is 0 Å². The van der Waals surface area contributed by atoms with Crippen LogP contribution in [0.3, 0.4) is 0 Å². The molecular weight excluding hydrogens is 192 g/mol. The molecule has 5 heteroatoms. The fourth-order valence-electron chi connectivity index (χ4n) is 1.57. The lowest BCUT2D eigenvalue weighted by atomic mass is 10.3. The third kappa shape index (κ3) is 2.79. The van der Waals surface area contributed by atoms with Crippen LogP contribution in [0.1, 0.15) is 37.3 Å². The number of nitrogens with two attached hydrogens (primary N) is 1.